The van der Waals surface area contributed by atoms with E-state index in [0.29, 0.717) is 5.69 Å². The highest BCUT2D eigenvalue weighted by Crippen LogP contribution is 2.33. The maximum atomic E-state index is 13.0. The molecule has 0 saturated heterocycles. The number of rotatable bonds is 5. The standard InChI is InChI=1S/C27H32N8O/c1-27(2,3)35-17-24(32-33-35)26(36)31-23-8-6-5-7-20-13-18(9-10-22(20)23)19-11-12-28-25(14-19)30-21-15-29-34(4)16-21/h9-17,23H,5-8H2,1-4H3,(H,28,30)(H,31,36). The Kier molecular flexibility index (Phi) is 6.30. The Morgan fingerprint density at radius 1 is 1.08 bits per heavy atom. The van der Waals surface area contributed by atoms with Crippen LogP contribution in [0.2, 0.25) is 0 Å². The van der Waals surface area contributed by atoms with Crippen LogP contribution < -0.4 is 10.6 Å². The summed E-state index contributed by atoms with van der Waals surface area (Å²) in [7, 11) is 1.88. The van der Waals surface area contributed by atoms with E-state index in [1.807, 2.05) is 52.3 Å². The zero-order chi connectivity index (χ0) is 25.3. The van der Waals surface area contributed by atoms with Gasteiger partial charge < -0.3 is 10.6 Å². The molecule has 36 heavy (non-hydrogen) atoms. The number of fused-ring (bicyclic) bond motifs is 1. The molecule has 1 aliphatic carbocycles. The normalized spacial score (nSPS) is 15.7. The van der Waals surface area contributed by atoms with E-state index in [-0.39, 0.29) is 17.5 Å². The molecule has 0 radical (unpaired) electrons. The van der Waals surface area contributed by atoms with Crippen molar-refractivity contribution < 1.29 is 4.79 Å². The van der Waals surface area contributed by atoms with Gasteiger partial charge in [-0.05, 0) is 74.4 Å². The third kappa shape index (κ3) is 5.15. The summed E-state index contributed by atoms with van der Waals surface area (Å²) >= 11 is 0. The van der Waals surface area contributed by atoms with Crippen molar-refractivity contribution in [2.24, 2.45) is 7.05 Å². The number of pyridine rings is 1. The average molecular weight is 485 g/mol. The van der Waals surface area contributed by atoms with Crippen LogP contribution in [-0.2, 0) is 19.0 Å². The highest BCUT2D eigenvalue weighted by Gasteiger charge is 2.24. The topological polar surface area (TPSA) is 103 Å². The van der Waals surface area contributed by atoms with Crippen molar-refractivity contribution in [3.05, 3.63) is 71.9 Å². The molecule has 0 bridgehead atoms. The number of benzene rings is 1. The van der Waals surface area contributed by atoms with E-state index >= 15 is 0 Å². The van der Waals surface area contributed by atoms with Crippen molar-refractivity contribution in [1.82, 2.24) is 35.1 Å². The number of nitrogens with one attached hydrogen (secondary N) is 2. The van der Waals surface area contributed by atoms with Gasteiger partial charge in [-0.2, -0.15) is 5.10 Å². The Bertz CT molecular complexity index is 1380. The van der Waals surface area contributed by atoms with Crippen LogP contribution in [0, 0.1) is 0 Å². The van der Waals surface area contributed by atoms with Crippen molar-refractivity contribution in [2.75, 3.05) is 5.32 Å². The molecule has 9 heteroatoms. The van der Waals surface area contributed by atoms with E-state index in [1.54, 1.807) is 21.8 Å². The Morgan fingerprint density at radius 3 is 2.67 bits per heavy atom. The molecule has 2 N–H and O–H groups in total. The molecular formula is C27H32N8O. The van der Waals surface area contributed by atoms with Crippen molar-refractivity contribution in [2.45, 2.75) is 58.0 Å². The van der Waals surface area contributed by atoms with Gasteiger partial charge in [0, 0.05) is 19.4 Å². The molecule has 186 valence electrons. The second kappa shape index (κ2) is 9.56. The molecule has 3 heterocycles. The largest absolute Gasteiger partial charge is 0.344 e. The minimum Gasteiger partial charge on any atom is -0.344 e. The predicted octanol–water partition coefficient (Wildman–Crippen LogP) is 4.77. The van der Waals surface area contributed by atoms with Gasteiger partial charge in [0.2, 0.25) is 0 Å². The van der Waals surface area contributed by atoms with Gasteiger partial charge in [0.15, 0.2) is 5.69 Å². The molecular weight excluding hydrogens is 452 g/mol. The number of carbonyl (C=O) groups is 1. The first-order valence-corrected chi connectivity index (χ1v) is 12.3. The smallest absolute Gasteiger partial charge is 0.273 e. The van der Waals surface area contributed by atoms with Gasteiger partial charge in [-0.3, -0.25) is 9.48 Å². The van der Waals surface area contributed by atoms with Crippen molar-refractivity contribution in [3.63, 3.8) is 0 Å². The van der Waals surface area contributed by atoms with Gasteiger partial charge in [-0.15, -0.1) is 5.10 Å². The second-order valence-electron chi connectivity index (χ2n) is 10.4. The zero-order valence-corrected chi connectivity index (χ0v) is 21.2. The number of hydrogen-bond donors (Lipinski definition) is 2. The molecule has 1 unspecified atom stereocenters. The number of hydrogen-bond acceptors (Lipinski definition) is 6. The first-order valence-electron chi connectivity index (χ1n) is 12.3. The molecule has 1 atom stereocenters. The number of nitrogens with zero attached hydrogens (tertiary/aromatic N) is 6. The van der Waals surface area contributed by atoms with E-state index in [4.69, 9.17) is 0 Å². The third-order valence-electron chi connectivity index (χ3n) is 6.50. The van der Waals surface area contributed by atoms with Gasteiger partial charge in [0.25, 0.3) is 5.91 Å². The Balaban J connectivity index is 1.36. The maximum absolute atomic E-state index is 13.0. The van der Waals surface area contributed by atoms with Crippen molar-refractivity contribution >= 4 is 17.4 Å². The molecule has 0 aliphatic heterocycles. The lowest BCUT2D eigenvalue weighted by molar-refractivity contribution is 0.0929. The summed E-state index contributed by atoms with van der Waals surface area (Å²) in [4.78, 5) is 17.5. The minimum atomic E-state index is -0.225. The van der Waals surface area contributed by atoms with E-state index in [2.05, 4.69) is 49.2 Å². The SMILES string of the molecule is Cn1cc(Nc2cc(-c3ccc4c(c3)CCCCC4NC(=O)c3cn(C(C)(C)C)nn3)ccn2)cn1. The summed E-state index contributed by atoms with van der Waals surface area (Å²) < 4.78 is 3.47. The maximum Gasteiger partial charge on any atom is 0.273 e. The third-order valence-corrected chi connectivity index (χ3v) is 6.50. The Labute approximate surface area is 210 Å². The molecule has 0 spiro atoms. The van der Waals surface area contributed by atoms with Crippen LogP contribution in [-0.4, -0.2) is 35.7 Å². The molecule has 3 aromatic heterocycles. The number of amides is 1. The minimum absolute atomic E-state index is 0.0518. The van der Waals surface area contributed by atoms with E-state index in [1.165, 1.54) is 11.1 Å². The highest BCUT2D eigenvalue weighted by molar-refractivity contribution is 5.92. The molecule has 0 fully saturated rings. The number of carbonyl (C=O) groups excluding carboxylic acids is 1. The van der Waals surface area contributed by atoms with Gasteiger partial charge in [-0.1, -0.05) is 29.8 Å². The van der Waals surface area contributed by atoms with Crippen molar-refractivity contribution in [3.8, 4) is 11.1 Å². The van der Waals surface area contributed by atoms with Gasteiger partial charge in [0.1, 0.15) is 5.82 Å². The Hall–Kier alpha value is -4.01. The summed E-state index contributed by atoms with van der Waals surface area (Å²) in [6.07, 6.45) is 11.3. The molecule has 5 rings (SSSR count). The lowest BCUT2D eigenvalue weighted by Crippen LogP contribution is -2.29. The fourth-order valence-electron chi connectivity index (χ4n) is 4.55. The monoisotopic (exact) mass is 484 g/mol. The molecule has 4 aromatic rings. The lowest BCUT2D eigenvalue weighted by Gasteiger charge is -2.20. The fraction of sp³-hybridized carbons (Fsp3) is 0.370. The summed E-state index contributed by atoms with van der Waals surface area (Å²) in [5.74, 6) is 0.580. The molecule has 1 aliphatic rings. The summed E-state index contributed by atoms with van der Waals surface area (Å²) in [6.45, 7) is 6.09. The zero-order valence-electron chi connectivity index (χ0n) is 21.2. The molecule has 9 nitrogen and oxygen atoms in total. The van der Waals surface area contributed by atoms with Crippen LogP contribution >= 0.6 is 0 Å². The average Bonchev–Trinajstić information content (AvgIpc) is 3.46. The van der Waals surface area contributed by atoms with Crippen LogP contribution in [0.3, 0.4) is 0 Å². The summed E-state index contributed by atoms with van der Waals surface area (Å²) in [5, 5.41) is 19.0. The number of aromatic nitrogens is 6. The van der Waals surface area contributed by atoms with E-state index in [9.17, 15) is 4.79 Å². The van der Waals surface area contributed by atoms with Gasteiger partial charge in [-0.25, -0.2) is 9.67 Å². The van der Waals surface area contributed by atoms with E-state index < -0.39 is 0 Å². The number of aryl methyl sites for hydroxylation is 2. The molecule has 1 amide bonds. The first kappa shape index (κ1) is 23.7. The lowest BCUT2D eigenvalue weighted by atomic mass is 9.94. The van der Waals surface area contributed by atoms with Crippen LogP contribution in [0.4, 0.5) is 11.5 Å². The quantitative estimate of drug-likeness (QED) is 0.396. The van der Waals surface area contributed by atoms with Crippen LogP contribution in [0.15, 0.2) is 55.1 Å². The first-order chi connectivity index (χ1) is 17.3. The molecule has 0 saturated carbocycles. The number of anilines is 2. The highest BCUT2D eigenvalue weighted by atomic mass is 16.2. The fourth-order valence-corrected chi connectivity index (χ4v) is 4.55. The predicted molar refractivity (Wildman–Crippen MR) is 139 cm³/mol. The van der Waals surface area contributed by atoms with Crippen LogP contribution in [0.1, 0.15) is 67.7 Å². The van der Waals surface area contributed by atoms with Crippen LogP contribution in [0.5, 0.6) is 0 Å². The molecule has 1 aromatic carbocycles. The van der Waals surface area contributed by atoms with Gasteiger partial charge in [0.05, 0.1) is 29.7 Å². The second-order valence-corrected chi connectivity index (χ2v) is 10.4. The van der Waals surface area contributed by atoms with E-state index in [0.717, 1.165) is 48.3 Å². The Morgan fingerprint density at radius 2 is 1.92 bits per heavy atom. The van der Waals surface area contributed by atoms with Gasteiger partial charge >= 0.3 is 0 Å². The van der Waals surface area contributed by atoms with Crippen molar-refractivity contribution in [1.29, 1.82) is 0 Å². The van der Waals surface area contributed by atoms with Crippen LogP contribution in [0.25, 0.3) is 11.1 Å². The summed E-state index contributed by atoms with van der Waals surface area (Å²) in [6, 6.07) is 10.5. The summed E-state index contributed by atoms with van der Waals surface area (Å²) in [5.41, 5.74) is 5.68.